The van der Waals surface area contributed by atoms with Gasteiger partial charge < -0.3 is 15.0 Å². The second-order valence-corrected chi connectivity index (χ2v) is 12.1. The molecule has 0 unspecified atom stereocenters. The van der Waals surface area contributed by atoms with Crippen LogP contribution in [-0.2, 0) is 26.2 Å². The molecule has 2 aromatic rings. The predicted molar refractivity (Wildman–Crippen MR) is 153 cm³/mol. The highest BCUT2D eigenvalue weighted by atomic mass is 35.5. The fourth-order valence-electron chi connectivity index (χ4n) is 3.95. The Balaban J connectivity index is 2.26. The molecule has 0 bridgehead atoms. The van der Waals surface area contributed by atoms with Crippen molar-refractivity contribution in [2.45, 2.75) is 52.6 Å². The van der Waals surface area contributed by atoms with Crippen LogP contribution in [0.15, 0.2) is 42.5 Å². The average molecular weight is 587 g/mol. The smallest absolute Gasteiger partial charge is 0.242 e. The largest absolute Gasteiger partial charge is 0.497 e. The van der Waals surface area contributed by atoms with Crippen LogP contribution in [0.5, 0.6) is 5.75 Å². The molecule has 11 heteroatoms. The van der Waals surface area contributed by atoms with E-state index in [0.717, 1.165) is 6.26 Å². The Labute approximate surface area is 236 Å². The quantitative estimate of drug-likeness (QED) is 0.331. The van der Waals surface area contributed by atoms with Gasteiger partial charge in [0.25, 0.3) is 0 Å². The molecular weight excluding hydrogens is 549 g/mol. The molecule has 0 saturated heterocycles. The highest BCUT2D eigenvalue weighted by molar-refractivity contribution is 7.92. The highest BCUT2D eigenvalue weighted by Crippen LogP contribution is 2.28. The summed E-state index contributed by atoms with van der Waals surface area (Å²) in [6, 6.07) is 11.0. The Morgan fingerprint density at radius 1 is 1.05 bits per heavy atom. The lowest BCUT2D eigenvalue weighted by molar-refractivity contribution is -0.141. The maximum absolute atomic E-state index is 13.5. The Morgan fingerprint density at radius 3 is 2.16 bits per heavy atom. The third-order valence-electron chi connectivity index (χ3n) is 5.97. The van der Waals surface area contributed by atoms with Crippen LogP contribution >= 0.6 is 23.2 Å². The number of halogens is 2. The summed E-state index contributed by atoms with van der Waals surface area (Å²) in [5.41, 5.74) is 1.02. The number of rotatable bonds is 14. The van der Waals surface area contributed by atoms with Gasteiger partial charge >= 0.3 is 0 Å². The monoisotopic (exact) mass is 585 g/mol. The molecule has 0 radical (unpaired) electrons. The number of hydrogen-bond donors (Lipinski definition) is 1. The molecule has 0 saturated carbocycles. The first-order valence-corrected chi connectivity index (χ1v) is 15.1. The molecule has 8 nitrogen and oxygen atoms in total. The molecule has 0 spiro atoms. The fraction of sp³-hybridized carbons (Fsp3) is 0.481. The lowest BCUT2D eigenvalue weighted by atomic mass is 10.1. The Kier molecular flexibility index (Phi) is 12.2. The van der Waals surface area contributed by atoms with Crippen molar-refractivity contribution in [1.82, 2.24) is 10.2 Å². The van der Waals surface area contributed by atoms with Gasteiger partial charge in [0.1, 0.15) is 11.8 Å². The van der Waals surface area contributed by atoms with Crippen LogP contribution in [-0.4, -0.2) is 57.6 Å². The molecule has 0 aliphatic carbocycles. The van der Waals surface area contributed by atoms with Gasteiger partial charge in [0.05, 0.1) is 19.1 Å². The van der Waals surface area contributed by atoms with Gasteiger partial charge in [0, 0.05) is 41.7 Å². The van der Waals surface area contributed by atoms with E-state index < -0.39 is 16.1 Å². The summed E-state index contributed by atoms with van der Waals surface area (Å²) < 4.78 is 31.4. The molecule has 1 N–H and O–H groups in total. The third kappa shape index (κ3) is 9.06. The normalized spacial score (nSPS) is 12.2. The number of anilines is 1. The number of hydrogen-bond acceptors (Lipinski definition) is 5. The minimum Gasteiger partial charge on any atom is -0.497 e. The van der Waals surface area contributed by atoms with Gasteiger partial charge in [-0.25, -0.2) is 8.42 Å². The number of nitrogens with zero attached hydrogens (tertiary/aromatic N) is 2. The van der Waals surface area contributed by atoms with Gasteiger partial charge in [-0.15, -0.1) is 0 Å². The molecule has 0 heterocycles. The topological polar surface area (TPSA) is 96.0 Å². The Hall–Kier alpha value is -2.49. The summed E-state index contributed by atoms with van der Waals surface area (Å²) in [5, 5.41) is 3.71. The zero-order chi connectivity index (χ0) is 28.5. The summed E-state index contributed by atoms with van der Waals surface area (Å²) in [6.45, 7) is 6.44. The first kappa shape index (κ1) is 31.7. The van der Waals surface area contributed by atoms with Crippen molar-refractivity contribution in [1.29, 1.82) is 0 Å². The zero-order valence-electron chi connectivity index (χ0n) is 22.5. The van der Waals surface area contributed by atoms with Crippen molar-refractivity contribution in [2.75, 3.05) is 30.8 Å². The number of carbonyl (C=O) groups excluding carboxylic acids is 2. The number of methoxy groups -OCH3 is 1. The molecular formula is C27H37Cl2N3O5S. The molecule has 38 heavy (non-hydrogen) atoms. The molecule has 2 rings (SSSR count). The van der Waals surface area contributed by atoms with Crippen LogP contribution in [0.3, 0.4) is 0 Å². The van der Waals surface area contributed by atoms with Crippen molar-refractivity contribution in [2.24, 2.45) is 5.92 Å². The summed E-state index contributed by atoms with van der Waals surface area (Å²) in [5.74, 6) is 0.301. The van der Waals surface area contributed by atoms with Gasteiger partial charge in [-0.05, 0) is 55.2 Å². The van der Waals surface area contributed by atoms with Crippen molar-refractivity contribution in [3.05, 3.63) is 58.1 Å². The van der Waals surface area contributed by atoms with E-state index in [4.69, 9.17) is 27.9 Å². The highest BCUT2D eigenvalue weighted by Gasteiger charge is 2.30. The summed E-state index contributed by atoms with van der Waals surface area (Å²) >= 11 is 12.8. The van der Waals surface area contributed by atoms with Gasteiger partial charge in [-0.3, -0.25) is 13.9 Å². The fourth-order valence-corrected chi connectivity index (χ4v) is 5.43. The number of nitrogens with one attached hydrogen (secondary N) is 1. The van der Waals surface area contributed by atoms with E-state index in [1.165, 1.54) is 16.3 Å². The van der Waals surface area contributed by atoms with Crippen LogP contribution < -0.4 is 14.4 Å². The van der Waals surface area contributed by atoms with Crippen LogP contribution in [0.25, 0.3) is 0 Å². The average Bonchev–Trinajstić information content (AvgIpc) is 2.86. The van der Waals surface area contributed by atoms with Crippen molar-refractivity contribution in [3.8, 4) is 5.75 Å². The van der Waals surface area contributed by atoms with Crippen LogP contribution in [0.1, 0.15) is 45.6 Å². The standard InChI is InChI=1S/C27H37Cl2N3O5S/c1-6-25(27(34)30-17-19(2)3)31(18-22-23(28)9-7-10-24(22)29)26(33)11-8-16-32(38(5,35)36)20-12-14-21(37-4)15-13-20/h7,9-10,12-15,19,25H,6,8,11,16-18H2,1-5H3,(H,30,34)/t25-/m1/s1. The van der Waals surface area contributed by atoms with Gasteiger partial charge in [-0.1, -0.05) is 50.0 Å². The van der Waals surface area contributed by atoms with Crippen molar-refractivity contribution >= 4 is 50.7 Å². The summed E-state index contributed by atoms with van der Waals surface area (Å²) in [6.07, 6.45) is 1.78. The lowest BCUT2D eigenvalue weighted by Gasteiger charge is -2.32. The molecule has 210 valence electrons. The van der Waals surface area contributed by atoms with Crippen molar-refractivity contribution in [3.63, 3.8) is 0 Å². The van der Waals surface area contributed by atoms with E-state index >= 15 is 0 Å². The first-order valence-electron chi connectivity index (χ1n) is 12.5. The van der Waals surface area contributed by atoms with E-state index in [9.17, 15) is 18.0 Å². The first-order chi connectivity index (χ1) is 17.9. The number of benzene rings is 2. The van der Waals surface area contributed by atoms with E-state index in [1.54, 1.807) is 42.5 Å². The molecule has 0 aromatic heterocycles. The third-order valence-corrected chi connectivity index (χ3v) is 7.88. The number of ether oxygens (including phenoxy) is 1. The second kappa shape index (κ2) is 14.6. The molecule has 0 aliphatic rings. The SMILES string of the molecule is CC[C@H](C(=O)NCC(C)C)N(Cc1c(Cl)cccc1Cl)C(=O)CCCN(c1ccc(OC)cc1)S(C)(=O)=O. The van der Waals surface area contributed by atoms with E-state index in [-0.39, 0.29) is 43.7 Å². The van der Waals surface area contributed by atoms with Gasteiger partial charge in [-0.2, -0.15) is 0 Å². The minimum atomic E-state index is -3.60. The predicted octanol–water partition coefficient (Wildman–Crippen LogP) is 5.13. The number of amides is 2. The number of carbonyl (C=O) groups is 2. The van der Waals surface area contributed by atoms with E-state index in [2.05, 4.69) is 5.32 Å². The van der Waals surface area contributed by atoms with Crippen molar-refractivity contribution < 1.29 is 22.7 Å². The second-order valence-electron chi connectivity index (χ2n) is 9.42. The van der Waals surface area contributed by atoms with Crippen LogP contribution in [0, 0.1) is 5.92 Å². The van der Waals surface area contributed by atoms with Crippen LogP contribution in [0.2, 0.25) is 10.0 Å². The zero-order valence-corrected chi connectivity index (χ0v) is 24.9. The lowest BCUT2D eigenvalue weighted by Crippen LogP contribution is -2.49. The van der Waals surface area contributed by atoms with Crippen LogP contribution in [0.4, 0.5) is 5.69 Å². The molecule has 2 amide bonds. The number of sulfonamides is 1. The van der Waals surface area contributed by atoms with E-state index in [0.29, 0.717) is 40.0 Å². The van der Waals surface area contributed by atoms with Gasteiger partial charge in [0.2, 0.25) is 21.8 Å². The van der Waals surface area contributed by atoms with E-state index in [1.807, 2.05) is 20.8 Å². The molecule has 2 aromatic carbocycles. The summed E-state index contributed by atoms with van der Waals surface area (Å²) in [4.78, 5) is 28.1. The molecule has 1 atom stereocenters. The molecule has 0 aliphatic heterocycles. The molecule has 0 fully saturated rings. The minimum absolute atomic E-state index is 0.0260. The maximum atomic E-state index is 13.5. The Morgan fingerprint density at radius 2 is 1.66 bits per heavy atom. The van der Waals surface area contributed by atoms with Gasteiger partial charge in [0.15, 0.2) is 0 Å². The summed E-state index contributed by atoms with van der Waals surface area (Å²) in [7, 11) is -2.07. The Bertz CT molecular complexity index is 1170. The maximum Gasteiger partial charge on any atom is 0.242 e.